The zero-order valence-electron chi connectivity index (χ0n) is 14.6. The van der Waals surface area contributed by atoms with Crippen LogP contribution in [0, 0.1) is 0 Å². The number of aromatic amines is 1. The van der Waals surface area contributed by atoms with Crippen molar-refractivity contribution in [3.63, 3.8) is 0 Å². The molecule has 5 nitrogen and oxygen atoms in total. The van der Waals surface area contributed by atoms with Gasteiger partial charge in [0.05, 0.1) is 31.7 Å². The maximum absolute atomic E-state index is 13.0. The second-order valence-electron chi connectivity index (χ2n) is 6.80. The second-order valence-corrected chi connectivity index (χ2v) is 6.80. The van der Waals surface area contributed by atoms with Gasteiger partial charge in [0.1, 0.15) is 6.54 Å². The lowest BCUT2D eigenvalue weighted by atomic mass is 10.1. The van der Waals surface area contributed by atoms with Crippen LogP contribution in [0.15, 0.2) is 65.5 Å². The third-order valence-corrected chi connectivity index (χ3v) is 5.04. The third-order valence-electron chi connectivity index (χ3n) is 5.04. The number of para-hydroxylation sites is 1. The highest BCUT2D eigenvalue weighted by atomic mass is 16.2. The quantitative estimate of drug-likeness (QED) is 0.744. The van der Waals surface area contributed by atoms with Crippen molar-refractivity contribution >= 4 is 16.8 Å². The first-order valence-electron chi connectivity index (χ1n) is 8.99. The fourth-order valence-corrected chi connectivity index (χ4v) is 3.64. The number of H-pyrrole nitrogens is 1. The highest BCUT2D eigenvalue weighted by molar-refractivity contribution is 6.05. The Labute approximate surface area is 151 Å². The molecule has 2 aromatic carbocycles. The molecule has 4 rings (SSSR count). The van der Waals surface area contributed by atoms with Crippen molar-refractivity contribution in [1.29, 1.82) is 0 Å². The molecule has 1 aliphatic heterocycles. The van der Waals surface area contributed by atoms with Gasteiger partial charge >= 0.3 is 0 Å². The van der Waals surface area contributed by atoms with Gasteiger partial charge in [-0.2, -0.15) is 0 Å². The SMILES string of the molecule is O=C(c1cc(=O)[nH]c2ccccc12)N1CC[NH+](Cc2ccccc2)CC1. The molecule has 1 aromatic heterocycles. The van der Waals surface area contributed by atoms with Crippen LogP contribution in [0.4, 0.5) is 0 Å². The lowest BCUT2D eigenvalue weighted by Crippen LogP contribution is -3.13. The van der Waals surface area contributed by atoms with Crippen molar-refractivity contribution in [2.75, 3.05) is 26.2 Å². The molecule has 1 aliphatic rings. The third kappa shape index (κ3) is 3.39. The lowest BCUT2D eigenvalue weighted by molar-refractivity contribution is -0.917. The van der Waals surface area contributed by atoms with E-state index in [9.17, 15) is 9.59 Å². The van der Waals surface area contributed by atoms with Crippen LogP contribution in [0.1, 0.15) is 15.9 Å². The molecule has 0 unspecified atom stereocenters. The Hall–Kier alpha value is -2.92. The van der Waals surface area contributed by atoms with E-state index in [0.717, 1.165) is 25.0 Å². The Morgan fingerprint density at radius 3 is 2.46 bits per heavy atom. The molecule has 0 aliphatic carbocycles. The molecule has 5 heteroatoms. The van der Waals surface area contributed by atoms with Crippen molar-refractivity contribution in [2.24, 2.45) is 0 Å². The molecule has 132 valence electrons. The summed E-state index contributed by atoms with van der Waals surface area (Å²) in [4.78, 5) is 31.1. The summed E-state index contributed by atoms with van der Waals surface area (Å²) in [6, 6.07) is 19.3. The van der Waals surface area contributed by atoms with E-state index in [1.807, 2.05) is 35.2 Å². The highest BCUT2D eigenvalue weighted by Crippen LogP contribution is 2.16. The van der Waals surface area contributed by atoms with Gasteiger partial charge in [0.15, 0.2) is 0 Å². The number of quaternary nitrogens is 1. The number of pyridine rings is 1. The van der Waals surface area contributed by atoms with Crippen LogP contribution in [0.5, 0.6) is 0 Å². The predicted molar refractivity (Wildman–Crippen MR) is 101 cm³/mol. The van der Waals surface area contributed by atoms with E-state index in [1.165, 1.54) is 16.5 Å². The Balaban J connectivity index is 1.48. The first-order valence-corrected chi connectivity index (χ1v) is 8.99. The number of carbonyl (C=O) groups is 1. The van der Waals surface area contributed by atoms with Crippen LogP contribution < -0.4 is 10.5 Å². The number of hydrogen-bond donors (Lipinski definition) is 2. The van der Waals surface area contributed by atoms with E-state index < -0.39 is 0 Å². The molecule has 3 aromatic rings. The molecule has 1 amide bonds. The van der Waals surface area contributed by atoms with Crippen molar-refractivity contribution < 1.29 is 9.69 Å². The maximum atomic E-state index is 13.0. The molecule has 1 saturated heterocycles. The standard InChI is InChI=1S/C21H21N3O2/c25-20-14-18(17-8-4-5-9-19(17)22-20)21(26)24-12-10-23(11-13-24)15-16-6-2-1-3-7-16/h1-9,14H,10-13,15H2,(H,22,25)/p+1. The number of carbonyl (C=O) groups excluding carboxylic acids is 1. The van der Waals surface area contributed by atoms with Crippen LogP contribution in [-0.4, -0.2) is 42.0 Å². The molecule has 2 heterocycles. The zero-order valence-corrected chi connectivity index (χ0v) is 14.6. The summed E-state index contributed by atoms with van der Waals surface area (Å²) in [6.45, 7) is 4.24. The number of amides is 1. The average Bonchev–Trinajstić information content (AvgIpc) is 2.68. The minimum Gasteiger partial charge on any atom is -0.328 e. The molecular weight excluding hydrogens is 326 g/mol. The molecule has 0 saturated carbocycles. The van der Waals surface area contributed by atoms with Crippen LogP contribution >= 0.6 is 0 Å². The van der Waals surface area contributed by atoms with Gasteiger partial charge in [-0.1, -0.05) is 48.5 Å². The smallest absolute Gasteiger partial charge is 0.255 e. The molecule has 0 atom stereocenters. The topological polar surface area (TPSA) is 57.6 Å². The van der Waals surface area contributed by atoms with Gasteiger partial charge in [0.25, 0.3) is 5.91 Å². The summed E-state index contributed by atoms with van der Waals surface area (Å²) < 4.78 is 0. The largest absolute Gasteiger partial charge is 0.328 e. The van der Waals surface area contributed by atoms with Gasteiger partial charge in [0.2, 0.25) is 5.56 Å². The van der Waals surface area contributed by atoms with Crippen molar-refractivity contribution in [1.82, 2.24) is 9.88 Å². The summed E-state index contributed by atoms with van der Waals surface area (Å²) in [5, 5.41) is 0.802. The number of aromatic nitrogens is 1. The van der Waals surface area contributed by atoms with Gasteiger partial charge < -0.3 is 14.8 Å². The number of benzene rings is 2. The van der Waals surface area contributed by atoms with E-state index in [-0.39, 0.29) is 11.5 Å². The number of piperazine rings is 1. The Morgan fingerprint density at radius 1 is 1.00 bits per heavy atom. The summed E-state index contributed by atoms with van der Waals surface area (Å²) in [5.41, 5.74) is 2.29. The first-order chi connectivity index (χ1) is 12.7. The van der Waals surface area contributed by atoms with Crippen LogP contribution in [0.2, 0.25) is 0 Å². The van der Waals surface area contributed by atoms with Crippen LogP contribution in [0.25, 0.3) is 10.9 Å². The van der Waals surface area contributed by atoms with Gasteiger partial charge in [-0.25, -0.2) is 0 Å². The first kappa shape index (κ1) is 16.5. The lowest BCUT2D eigenvalue weighted by Gasteiger charge is -2.32. The molecule has 0 spiro atoms. The van der Waals surface area contributed by atoms with Crippen LogP contribution in [0.3, 0.4) is 0 Å². The Kier molecular flexibility index (Phi) is 4.54. The van der Waals surface area contributed by atoms with Crippen molar-refractivity contribution in [2.45, 2.75) is 6.54 Å². The number of fused-ring (bicyclic) bond motifs is 1. The Morgan fingerprint density at radius 2 is 1.69 bits per heavy atom. The average molecular weight is 348 g/mol. The molecule has 0 radical (unpaired) electrons. The van der Waals surface area contributed by atoms with Gasteiger partial charge in [-0.05, 0) is 6.07 Å². The molecule has 1 fully saturated rings. The molecule has 0 bridgehead atoms. The van der Waals surface area contributed by atoms with Crippen LogP contribution in [-0.2, 0) is 6.54 Å². The van der Waals surface area contributed by atoms with Gasteiger partial charge in [-0.15, -0.1) is 0 Å². The maximum Gasteiger partial charge on any atom is 0.255 e. The molecular formula is C21H22N3O2+. The summed E-state index contributed by atoms with van der Waals surface area (Å²) in [7, 11) is 0. The highest BCUT2D eigenvalue weighted by Gasteiger charge is 2.25. The fraction of sp³-hybridized carbons (Fsp3) is 0.238. The number of nitrogens with zero attached hydrogens (tertiary/aromatic N) is 1. The summed E-state index contributed by atoms with van der Waals surface area (Å²) >= 11 is 0. The van der Waals surface area contributed by atoms with E-state index in [4.69, 9.17) is 0 Å². The number of rotatable bonds is 3. The van der Waals surface area contributed by atoms with E-state index >= 15 is 0 Å². The number of nitrogens with one attached hydrogen (secondary N) is 2. The van der Waals surface area contributed by atoms with Crippen molar-refractivity contribution in [3.8, 4) is 0 Å². The second kappa shape index (κ2) is 7.14. The molecule has 26 heavy (non-hydrogen) atoms. The normalized spacial score (nSPS) is 15.3. The minimum absolute atomic E-state index is 0.0499. The number of hydrogen-bond acceptors (Lipinski definition) is 2. The van der Waals surface area contributed by atoms with Crippen molar-refractivity contribution in [3.05, 3.63) is 82.1 Å². The predicted octanol–water partition coefficient (Wildman–Crippen LogP) is 1.07. The zero-order chi connectivity index (χ0) is 17.9. The van der Waals surface area contributed by atoms with E-state index in [2.05, 4.69) is 29.2 Å². The minimum atomic E-state index is -0.236. The van der Waals surface area contributed by atoms with Gasteiger partial charge in [-0.3, -0.25) is 9.59 Å². The van der Waals surface area contributed by atoms with Gasteiger partial charge in [0, 0.05) is 22.5 Å². The fourth-order valence-electron chi connectivity index (χ4n) is 3.64. The summed E-state index contributed by atoms with van der Waals surface area (Å²) in [5.74, 6) is -0.0499. The molecule has 2 N–H and O–H groups in total. The van der Waals surface area contributed by atoms with E-state index in [1.54, 1.807) is 0 Å². The monoisotopic (exact) mass is 348 g/mol. The Bertz CT molecular complexity index is 973. The summed E-state index contributed by atoms with van der Waals surface area (Å²) in [6.07, 6.45) is 0. The van der Waals surface area contributed by atoms with E-state index in [0.29, 0.717) is 24.2 Å².